The van der Waals surface area contributed by atoms with Gasteiger partial charge in [-0.1, -0.05) is 36.6 Å². The molecule has 0 unspecified atom stereocenters. The van der Waals surface area contributed by atoms with E-state index in [4.69, 9.17) is 11.6 Å². The van der Waals surface area contributed by atoms with Crippen LogP contribution in [-0.4, -0.2) is 11.0 Å². The zero-order chi connectivity index (χ0) is 12.1. The zero-order valence-corrected chi connectivity index (χ0v) is 11.1. The van der Waals surface area contributed by atoms with Crippen LogP contribution in [0, 0.1) is 0 Å². The summed E-state index contributed by atoms with van der Waals surface area (Å²) in [7, 11) is 0. The smallest absolute Gasteiger partial charge is 0.0648 e. The topological polar surface area (TPSA) is 27.8 Å². The lowest BCUT2D eigenvalue weighted by Gasteiger charge is -2.36. The summed E-state index contributed by atoms with van der Waals surface area (Å²) >= 11 is 6.30. The number of benzene rings is 1. The minimum absolute atomic E-state index is 0.671. The molecule has 1 aliphatic heterocycles. The fraction of sp³-hybridized carbons (Fsp3) is 0.467. The summed E-state index contributed by atoms with van der Waals surface area (Å²) in [6.45, 7) is 0.960. The third-order valence-electron chi connectivity index (χ3n) is 4.58. The highest BCUT2D eigenvalue weighted by Gasteiger charge is 2.33. The number of halogens is 1. The van der Waals surface area contributed by atoms with Crippen molar-refractivity contribution >= 4 is 22.5 Å². The summed E-state index contributed by atoms with van der Waals surface area (Å²) in [5.41, 5.74) is 4.01. The Hall–Kier alpha value is -0.990. The molecule has 0 saturated heterocycles. The van der Waals surface area contributed by atoms with E-state index in [1.165, 1.54) is 42.3 Å². The predicted molar refractivity (Wildman–Crippen MR) is 75.1 cm³/mol. The van der Waals surface area contributed by atoms with Gasteiger partial charge in [0.25, 0.3) is 0 Å². The average Bonchev–Trinajstić information content (AvgIpc) is 2.79. The summed E-state index contributed by atoms with van der Waals surface area (Å²) in [5, 5.41) is 5.87. The Labute approximate surface area is 112 Å². The first-order chi connectivity index (χ1) is 8.84. The Morgan fingerprint density at radius 1 is 1.17 bits per heavy atom. The van der Waals surface area contributed by atoms with Gasteiger partial charge in [0, 0.05) is 29.6 Å². The van der Waals surface area contributed by atoms with Crippen molar-refractivity contribution in [3.8, 4) is 0 Å². The fourth-order valence-electron chi connectivity index (χ4n) is 3.77. The van der Waals surface area contributed by atoms with Crippen LogP contribution >= 0.6 is 11.6 Å². The molecule has 2 nitrogen and oxygen atoms in total. The van der Waals surface area contributed by atoms with E-state index in [0.717, 1.165) is 17.1 Å². The number of H-pyrrole nitrogens is 1. The van der Waals surface area contributed by atoms with Crippen LogP contribution in [0.1, 0.15) is 42.9 Å². The molecule has 1 saturated carbocycles. The van der Waals surface area contributed by atoms with E-state index in [2.05, 4.69) is 22.4 Å². The largest absolute Gasteiger partial charge is 0.356 e. The van der Waals surface area contributed by atoms with E-state index in [-0.39, 0.29) is 0 Å². The number of hydrogen-bond donors (Lipinski definition) is 2. The first-order valence-corrected chi connectivity index (χ1v) is 7.25. The minimum Gasteiger partial charge on any atom is -0.356 e. The predicted octanol–water partition coefficient (Wildman–Crippen LogP) is 3.95. The Kier molecular flexibility index (Phi) is 2.42. The molecule has 0 spiro atoms. The lowest BCUT2D eigenvalue weighted by atomic mass is 9.77. The number of aromatic amines is 1. The summed E-state index contributed by atoms with van der Waals surface area (Å²) in [4.78, 5) is 3.52. The van der Waals surface area contributed by atoms with Crippen LogP contribution in [-0.2, 0) is 6.54 Å². The second kappa shape index (κ2) is 4.01. The van der Waals surface area contributed by atoms with Crippen LogP contribution in [0.15, 0.2) is 18.2 Å². The standard InChI is InChI=1S/C15H17ClN2/c16-11-6-3-5-10-14-9-4-1-2-7-12(9)17-8-13(14)18-15(10)11/h3,5-6,9,12,17-18H,1-2,4,7-8H2/t9-,12-/m1/s1. The van der Waals surface area contributed by atoms with E-state index in [1.807, 2.05) is 6.07 Å². The number of fused-ring (bicyclic) bond motifs is 5. The molecule has 1 aromatic heterocycles. The number of para-hydroxylation sites is 1. The highest BCUT2D eigenvalue weighted by Crippen LogP contribution is 2.42. The van der Waals surface area contributed by atoms with Gasteiger partial charge in [-0.05, 0) is 24.5 Å². The minimum atomic E-state index is 0.671. The third-order valence-corrected chi connectivity index (χ3v) is 4.90. The van der Waals surface area contributed by atoms with Gasteiger partial charge in [0.15, 0.2) is 0 Å². The van der Waals surface area contributed by atoms with Crippen molar-refractivity contribution in [1.29, 1.82) is 0 Å². The maximum Gasteiger partial charge on any atom is 0.0648 e. The lowest BCUT2D eigenvalue weighted by Crippen LogP contribution is -2.40. The molecule has 3 heteroatoms. The highest BCUT2D eigenvalue weighted by molar-refractivity contribution is 6.35. The average molecular weight is 261 g/mol. The monoisotopic (exact) mass is 260 g/mol. The van der Waals surface area contributed by atoms with Crippen LogP contribution in [0.25, 0.3) is 10.9 Å². The Balaban J connectivity index is 1.94. The molecule has 0 amide bonds. The molecule has 2 heterocycles. The normalized spacial score (nSPS) is 26.9. The molecule has 2 atom stereocenters. The van der Waals surface area contributed by atoms with Gasteiger partial charge in [-0.3, -0.25) is 0 Å². The number of hydrogen-bond acceptors (Lipinski definition) is 1. The Bertz CT molecular complexity index is 602. The first-order valence-electron chi connectivity index (χ1n) is 6.87. The third kappa shape index (κ3) is 1.45. The van der Waals surface area contributed by atoms with Crippen molar-refractivity contribution < 1.29 is 0 Å². The van der Waals surface area contributed by atoms with Crippen molar-refractivity contribution in [2.45, 2.75) is 44.2 Å². The van der Waals surface area contributed by atoms with E-state index < -0.39 is 0 Å². The quantitative estimate of drug-likeness (QED) is 0.738. The van der Waals surface area contributed by atoms with Crippen LogP contribution in [0.4, 0.5) is 0 Å². The van der Waals surface area contributed by atoms with Crippen LogP contribution in [0.5, 0.6) is 0 Å². The van der Waals surface area contributed by atoms with Crippen LogP contribution in [0.3, 0.4) is 0 Å². The molecule has 18 heavy (non-hydrogen) atoms. The van der Waals surface area contributed by atoms with E-state index in [0.29, 0.717) is 12.0 Å². The molecular formula is C15H17ClN2. The van der Waals surface area contributed by atoms with Gasteiger partial charge in [-0.25, -0.2) is 0 Å². The molecule has 4 rings (SSSR count). The van der Waals surface area contributed by atoms with Crippen molar-refractivity contribution in [2.24, 2.45) is 0 Å². The summed E-state index contributed by atoms with van der Waals surface area (Å²) in [5.74, 6) is 0.676. The highest BCUT2D eigenvalue weighted by atomic mass is 35.5. The fourth-order valence-corrected chi connectivity index (χ4v) is 4.00. The molecule has 2 N–H and O–H groups in total. The van der Waals surface area contributed by atoms with Crippen molar-refractivity contribution in [3.05, 3.63) is 34.5 Å². The van der Waals surface area contributed by atoms with E-state index in [9.17, 15) is 0 Å². The first kappa shape index (κ1) is 10.9. The van der Waals surface area contributed by atoms with Crippen LogP contribution < -0.4 is 5.32 Å². The molecule has 2 aromatic rings. The van der Waals surface area contributed by atoms with Crippen molar-refractivity contribution in [1.82, 2.24) is 10.3 Å². The molecular weight excluding hydrogens is 244 g/mol. The molecule has 1 aliphatic carbocycles. The van der Waals surface area contributed by atoms with Gasteiger partial charge in [0.1, 0.15) is 0 Å². The van der Waals surface area contributed by atoms with Crippen molar-refractivity contribution in [2.75, 3.05) is 0 Å². The molecule has 0 bridgehead atoms. The van der Waals surface area contributed by atoms with Gasteiger partial charge < -0.3 is 10.3 Å². The SMILES string of the molecule is Clc1cccc2c3c([nH]c12)CN[C@@H]1CCCC[C@@H]31. The second-order valence-corrected chi connectivity index (χ2v) is 5.97. The van der Waals surface area contributed by atoms with Gasteiger partial charge in [-0.2, -0.15) is 0 Å². The molecule has 0 radical (unpaired) electrons. The maximum absolute atomic E-state index is 6.30. The Morgan fingerprint density at radius 3 is 3.00 bits per heavy atom. The van der Waals surface area contributed by atoms with E-state index in [1.54, 1.807) is 0 Å². The lowest BCUT2D eigenvalue weighted by molar-refractivity contribution is 0.308. The van der Waals surface area contributed by atoms with Gasteiger partial charge in [0.2, 0.25) is 0 Å². The van der Waals surface area contributed by atoms with Crippen LogP contribution in [0.2, 0.25) is 5.02 Å². The maximum atomic E-state index is 6.30. The molecule has 1 fully saturated rings. The number of rotatable bonds is 0. The summed E-state index contributed by atoms with van der Waals surface area (Å²) < 4.78 is 0. The molecule has 94 valence electrons. The van der Waals surface area contributed by atoms with E-state index >= 15 is 0 Å². The van der Waals surface area contributed by atoms with Gasteiger partial charge >= 0.3 is 0 Å². The van der Waals surface area contributed by atoms with Gasteiger partial charge in [0.05, 0.1) is 10.5 Å². The molecule has 1 aromatic carbocycles. The van der Waals surface area contributed by atoms with Gasteiger partial charge in [-0.15, -0.1) is 0 Å². The zero-order valence-electron chi connectivity index (χ0n) is 10.3. The summed E-state index contributed by atoms with van der Waals surface area (Å²) in [6.07, 6.45) is 5.35. The van der Waals surface area contributed by atoms with Crippen molar-refractivity contribution in [3.63, 3.8) is 0 Å². The Morgan fingerprint density at radius 2 is 2.06 bits per heavy atom. The number of nitrogens with one attached hydrogen (secondary N) is 2. The molecule has 2 aliphatic rings. The number of aromatic nitrogens is 1. The summed E-state index contributed by atoms with van der Waals surface area (Å²) in [6, 6.07) is 6.92. The second-order valence-electron chi connectivity index (χ2n) is 5.56.